The molecule has 0 aromatic heterocycles. The Morgan fingerprint density at radius 2 is 2.00 bits per heavy atom. The number of nitrogens with zero attached hydrogens (tertiary/aromatic N) is 1. The molecule has 0 amide bonds. The van der Waals surface area contributed by atoms with Crippen LogP contribution in [0, 0.1) is 0 Å². The van der Waals surface area contributed by atoms with E-state index in [0.29, 0.717) is 10.8 Å². The van der Waals surface area contributed by atoms with Crippen LogP contribution in [0.3, 0.4) is 0 Å². The van der Waals surface area contributed by atoms with E-state index < -0.39 is 0 Å². The van der Waals surface area contributed by atoms with Crippen LogP contribution in [0.15, 0.2) is 24.3 Å². The van der Waals surface area contributed by atoms with Crippen LogP contribution in [0.2, 0.25) is 0 Å². The average Bonchev–Trinajstić information content (AvgIpc) is 2.04. The summed E-state index contributed by atoms with van der Waals surface area (Å²) in [6, 6.07) is 7.20. The summed E-state index contributed by atoms with van der Waals surface area (Å²) >= 11 is 0. The lowest BCUT2D eigenvalue weighted by Gasteiger charge is -2.11. The highest BCUT2D eigenvalue weighted by atomic mass is 19.2. The predicted molar refractivity (Wildman–Crippen MR) is 45.5 cm³/mol. The van der Waals surface area contributed by atoms with Crippen molar-refractivity contribution in [2.75, 3.05) is 24.5 Å². The van der Waals surface area contributed by atoms with Crippen LogP contribution in [-0.4, -0.2) is 14.1 Å². The molecule has 0 saturated heterocycles. The van der Waals surface area contributed by atoms with Gasteiger partial charge in [-0.05, 0) is 12.1 Å². The van der Waals surface area contributed by atoms with Crippen molar-refractivity contribution < 1.29 is 4.48 Å². The minimum Gasteiger partial charge on any atom is -0.386 e. The molecule has 0 aliphatic rings. The molecule has 2 nitrogen and oxygen atoms in total. The van der Waals surface area contributed by atoms with Gasteiger partial charge in [-0.1, -0.05) is 12.1 Å². The van der Waals surface area contributed by atoms with Gasteiger partial charge >= 0.3 is 0 Å². The van der Waals surface area contributed by atoms with Gasteiger partial charge in [-0.3, -0.25) is 0 Å². The van der Waals surface area contributed by atoms with Gasteiger partial charge in [0.2, 0.25) is 0 Å². The lowest BCUT2D eigenvalue weighted by molar-refractivity contribution is 0.476. The van der Waals surface area contributed by atoms with E-state index in [1.165, 1.54) is 7.05 Å². The van der Waals surface area contributed by atoms with E-state index in [2.05, 4.69) is 5.32 Å². The summed E-state index contributed by atoms with van der Waals surface area (Å²) in [5.74, 6) is 0. The first kappa shape index (κ1) is 7.85. The number of halogens is 1. The summed E-state index contributed by atoms with van der Waals surface area (Å²) in [6.45, 7) is 0. The van der Waals surface area contributed by atoms with Gasteiger partial charge in [-0.2, -0.15) is 0 Å². The molecule has 0 spiro atoms. The van der Waals surface area contributed by atoms with E-state index in [1.807, 2.05) is 12.1 Å². The SMILES string of the molecule is CNc1ccccc1N(C)F. The van der Waals surface area contributed by atoms with Gasteiger partial charge in [0.05, 0.1) is 11.4 Å². The van der Waals surface area contributed by atoms with Crippen molar-refractivity contribution in [2.45, 2.75) is 0 Å². The number of hydrogen-bond donors (Lipinski definition) is 1. The Kier molecular flexibility index (Phi) is 2.31. The third-order valence-corrected chi connectivity index (χ3v) is 1.51. The number of para-hydroxylation sites is 2. The standard InChI is InChI=1S/C8H11FN2/c1-10-7-5-3-4-6-8(7)11(2)9/h3-6,10H,1-2H3. The Labute approximate surface area is 65.6 Å². The molecule has 1 aromatic carbocycles. The molecule has 0 unspecified atom stereocenters. The van der Waals surface area contributed by atoms with Crippen molar-refractivity contribution >= 4 is 11.4 Å². The number of anilines is 2. The Hall–Kier alpha value is -1.25. The highest BCUT2D eigenvalue weighted by Crippen LogP contribution is 2.23. The van der Waals surface area contributed by atoms with Crippen LogP contribution in [-0.2, 0) is 0 Å². The lowest BCUT2D eigenvalue weighted by Crippen LogP contribution is -2.05. The Balaban J connectivity index is 3.02. The van der Waals surface area contributed by atoms with E-state index in [-0.39, 0.29) is 0 Å². The van der Waals surface area contributed by atoms with Crippen molar-refractivity contribution in [2.24, 2.45) is 0 Å². The number of rotatable bonds is 2. The normalized spacial score (nSPS) is 9.36. The smallest absolute Gasteiger partial charge is 0.0915 e. The molecule has 0 radical (unpaired) electrons. The van der Waals surface area contributed by atoms with Crippen molar-refractivity contribution in [1.29, 1.82) is 0 Å². The molecule has 0 heterocycles. The third kappa shape index (κ3) is 1.61. The Morgan fingerprint density at radius 3 is 2.45 bits per heavy atom. The first-order valence-corrected chi connectivity index (χ1v) is 3.42. The quantitative estimate of drug-likeness (QED) is 0.656. The van der Waals surface area contributed by atoms with Gasteiger partial charge in [0, 0.05) is 14.1 Å². The largest absolute Gasteiger partial charge is 0.386 e. The second-order valence-corrected chi connectivity index (χ2v) is 2.24. The van der Waals surface area contributed by atoms with Crippen molar-refractivity contribution in [3.8, 4) is 0 Å². The second-order valence-electron chi connectivity index (χ2n) is 2.24. The van der Waals surface area contributed by atoms with Gasteiger partial charge in [0.15, 0.2) is 0 Å². The first-order valence-electron chi connectivity index (χ1n) is 3.42. The molecule has 3 heteroatoms. The molecule has 0 aliphatic heterocycles. The number of nitrogens with one attached hydrogen (secondary N) is 1. The van der Waals surface area contributed by atoms with Gasteiger partial charge < -0.3 is 5.32 Å². The molecule has 1 aromatic rings. The molecule has 1 rings (SSSR count). The van der Waals surface area contributed by atoms with Crippen molar-refractivity contribution in [3.05, 3.63) is 24.3 Å². The van der Waals surface area contributed by atoms with Crippen LogP contribution < -0.4 is 10.4 Å². The zero-order valence-corrected chi connectivity index (χ0v) is 6.63. The summed E-state index contributed by atoms with van der Waals surface area (Å²) in [4.78, 5) is 0. The van der Waals surface area contributed by atoms with Gasteiger partial charge in [0.25, 0.3) is 0 Å². The summed E-state index contributed by atoms with van der Waals surface area (Å²) in [6.07, 6.45) is 0. The van der Waals surface area contributed by atoms with E-state index in [4.69, 9.17) is 0 Å². The Bertz CT molecular complexity index is 235. The summed E-state index contributed by atoms with van der Waals surface area (Å²) in [5, 5.41) is 3.48. The van der Waals surface area contributed by atoms with Gasteiger partial charge in [-0.15, -0.1) is 4.48 Å². The number of hydrogen-bond acceptors (Lipinski definition) is 2. The summed E-state index contributed by atoms with van der Waals surface area (Å²) in [5.41, 5.74) is 1.34. The summed E-state index contributed by atoms with van der Waals surface area (Å²) in [7, 11) is 3.14. The average molecular weight is 154 g/mol. The second kappa shape index (κ2) is 3.23. The zero-order valence-electron chi connectivity index (χ0n) is 6.63. The zero-order chi connectivity index (χ0) is 8.27. The van der Waals surface area contributed by atoms with Gasteiger partial charge in [0.1, 0.15) is 0 Å². The third-order valence-electron chi connectivity index (χ3n) is 1.51. The molecule has 0 atom stereocenters. The Morgan fingerprint density at radius 1 is 1.36 bits per heavy atom. The van der Waals surface area contributed by atoms with E-state index >= 15 is 0 Å². The monoisotopic (exact) mass is 154 g/mol. The van der Waals surface area contributed by atoms with Crippen LogP contribution in [0.4, 0.5) is 15.9 Å². The fourth-order valence-electron chi connectivity index (χ4n) is 0.954. The molecule has 0 bridgehead atoms. The molecular formula is C8H11FN2. The molecule has 0 fully saturated rings. The maximum Gasteiger partial charge on any atom is 0.0915 e. The predicted octanol–water partition coefficient (Wildman–Crippen LogP) is 2.05. The van der Waals surface area contributed by atoms with Crippen LogP contribution in [0.5, 0.6) is 0 Å². The summed E-state index contributed by atoms with van der Waals surface area (Å²) < 4.78 is 12.7. The molecule has 0 saturated carbocycles. The molecule has 11 heavy (non-hydrogen) atoms. The molecule has 1 N–H and O–H groups in total. The first-order chi connectivity index (χ1) is 5.25. The van der Waals surface area contributed by atoms with E-state index in [1.54, 1.807) is 19.2 Å². The molecule has 0 aliphatic carbocycles. The highest BCUT2D eigenvalue weighted by molar-refractivity contribution is 5.68. The maximum atomic E-state index is 12.7. The van der Waals surface area contributed by atoms with Crippen LogP contribution in [0.1, 0.15) is 0 Å². The highest BCUT2D eigenvalue weighted by Gasteiger charge is 2.02. The van der Waals surface area contributed by atoms with Gasteiger partial charge in [-0.25, -0.2) is 5.12 Å². The number of benzene rings is 1. The van der Waals surface area contributed by atoms with E-state index in [9.17, 15) is 4.48 Å². The fraction of sp³-hybridized carbons (Fsp3) is 0.250. The van der Waals surface area contributed by atoms with Crippen LogP contribution in [0.25, 0.3) is 0 Å². The van der Waals surface area contributed by atoms with E-state index in [0.717, 1.165) is 5.69 Å². The molecule has 60 valence electrons. The lowest BCUT2D eigenvalue weighted by atomic mass is 10.2. The van der Waals surface area contributed by atoms with Crippen molar-refractivity contribution in [3.63, 3.8) is 0 Å². The van der Waals surface area contributed by atoms with Crippen molar-refractivity contribution in [1.82, 2.24) is 0 Å². The minimum absolute atomic E-state index is 0.551. The maximum absolute atomic E-state index is 12.7. The molecular weight excluding hydrogens is 143 g/mol. The minimum atomic E-state index is 0.551. The topological polar surface area (TPSA) is 15.3 Å². The van der Waals surface area contributed by atoms with Crippen LogP contribution >= 0.6 is 0 Å². The fourth-order valence-corrected chi connectivity index (χ4v) is 0.954.